The van der Waals surface area contributed by atoms with Crippen LogP contribution in [0.5, 0.6) is 0 Å². The van der Waals surface area contributed by atoms with Gasteiger partial charge in [0, 0.05) is 12.8 Å². The zero-order chi connectivity index (χ0) is 37.6. The molecule has 0 radical (unpaired) electrons. The summed E-state index contributed by atoms with van der Waals surface area (Å²) in [5.41, 5.74) is 0. The molecule has 0 atom stereocenters. The Kier molecular flexibility index (Phi) is 38.2. The van der Waals surface area contributed by atoms with Crippen LogP contribution in [0.4, 0.5) is 0 Å². The third kappa shape index (κ3) is 44.8. The fraction of sp³-hybridized carbons (Fsp3) is 0.950. The van der Waals surface area contributed by atoms with Gasteiger partial charge in [0.1, 0.15) is 0 Å². The van der Waals surface area contributed by atoms with Crippen LogP contribution in [0.2, 0.25) is 0 Å². The van der Waals surface area contributed by atoms with E-state index in [4.69, 9.17) is 0 Å². The molecule has 0 heterocycles. The van der Waals surface area contributed by atoms with E-state index in [0.29, 0.717) is 25.9 Å². The fourth-order valence-corrected chi connectivity index (χ4v) is 6.32. The number of quaternary nitrogens is 1. The first-order valence-electron chi connectivity index (χ1n) is 20.9. The van der Waals surface area contributed by atoms with Crippen molar-refractivity contribution in [2.45, 2.75) is 201 Å². The van der Waals surface area contributed by atoms with Gasteiger partial charge in [-0.3, -0.25) is 13.8 Å². The standard InChI is InChI=1S/C38H77N3O2.C2H6O4S/c1-5-7-9-11-13-15-17-19-21-23-25-27-29-31-37(42)39-33-35-41(3,4)36-34-40-38(43)32-30-28-26-24-22-20-18-16-14-12-10-8-6-2;1-2-6-7(3,4)5/h5-36H2,1-4H3,(H-,39,40,42,43);2H2,1H3,(H,3,4,5). The number of amides is 2. The van der Waals surface area contributed by atoms with E-state index in [-0.39, 0.29) is 18.4 Å². The summed E-state index contributed by atoms with van der Waals surface area (Å²) >= 11 is 0. The molecule has 0 aliphatic heterocycles. The highest BCUT2D eigenvalue weighted by atomic mass is 32.3. The molecule has 2 N–H and O–H groups in total. The molecule has 0 fully saturated rings. The minimum absolute atomic E-state index is 0.0914. The van der Waals surface area contributed by atoms with Gasteiger partial charge in [0.25, 0.3) is 0 Å². The molecule has 0 aromatic rings. The molecule has 0 rings (SSSR count). The second kappa shape index (κ2) is 37.5. The van der Waals surface area contributed by atoms with Gasteiger partial charge >= 0.3 is 0 Å². The largest absolute Gasteiger partial charge is 0.726 e. The van der Waals surface area contributed by atoms with Crippen LogP contribution in [0.3, 0.4) is 0 Å². The van der Waals surface area contributed by atoms with Crippen LogP contribution < -0.4 is 10.6 Å². The van der Waals surface area contributed by atoms with Crippen molar-refractivity contribution < 1.29 is 31.2 Å². The number of nitrogens with one attached hydrogen (secondary N) is 2. The average Bonchev–Trinajstić information content (AvgIpc) is 3.05. The van der Waals surface area contributed by atoms with Crippen LogP contribution in [-0.2, 0) is 24.2 Å². The van der Waals surface area contributed by atoms with Crippen LogP contribution in [0.15, 0.2) is 0 Å². The van der Waals surface area contributed by atoms with Gasteiger partial charge in [-0.15, -0.1) is 0 Å². The van der Waals surface area contributed by atoms with E-state index in [1.165, 1.54) is 161 Å². The number of nitrogens with zero attached hydrogens (tertiary/aromatic N) is 1. The Morgan fingerprint density at radius 2 is 0.760 bits per heavy atom. The van der Waals surface area contributed by atoms with Crippen molar-refractivity contribution in [2.24, 2.45) is 0 Å². The summed E-state index contributed by atoms with van der Waals surface area (Å²) in [5.74, 6) is 0.378. The lowest BCUT2D eigenvalue weighted by molar-refractivity contribution is -0.887. The SMILES string of the molecule is CCCCCCCCCCCCCCCC(=O)NCC[N+](C)(C)CCNC(=O)CCCCCCCCCCCCCCC.CCOS(=O)(=O)[O-]. The molecule has 0 spiro atoms. The molecule has 2 amide bonds. The molecule has 0 aliphatic carbocycles. The zero-order valence-electron chi connectivity index (χ0n) is 33.6. The van der Waals surface area contributed by atoms with Gasteiger partial charge in [0.15, 0.2) is 0 Å². The maximum atomic E-state index is 12.2. The summed E-state index contributed by atoms with van der Waals surface area (Å²) in [6.07, 6.45) is 35.9. The van der Waals surface area contributed by atoms with Crippen molar-refractivity contribution in [3.05, 3.63) is 0 Å². The van der Waals surface area contributed by atoms with Gasteiger partial charge in [-0.2, -0.15) is 0 Å². The second-order valence-corrected chi connectivity index (χ2v) is 15.9. The van der Waals surface area contributed by atoms with Gasteiger partial charge in [0.05, 0.1) is 46.9 Å². The highest BCUT2D eigenvalue weighted by Crippen LogP contribution is 2.14. The summed E-state index contributed by atoms with van der Waals surface area (Å²) in [6.45, 7) is 9.08. The Balaban J connectivity index is 0. The summed E-state index contributed by atoms with van der Waals surface area (Å²) < 4.78 is 32.8. The molecule has 50 heavy (non-hydrogen) atoms. The normalized spacial score (nSPS) is 11.6. The highest BCUT2D eigenvalue weighted by molar-refractivity contribution is 7.80. The Bertz CT molecular complexity index is 804. The molecule has 0 saturated heterocycles. The number of likely N-dealkylation sites (N-methyl/N-ethyl adjacent to an activating group) is 1. The number of hydrogen-bond acceptors (Lipinski definition) is 6. The first-order chi connectivity index (χ1) is 24.0. The molecule has 300 valence electrons. The third-order valence-corrected chi connectivity index (χ3v) is 9.88. The van der Waals surface area contributed by atoms with Gasteiger partial charge in [-0.1, -0.05) is 168 Å². The van der Waals surface area contributed by atoms with Crippen molar-refractivity contribution >= 4 is 22.2 Å². The molecule has 0 aliphatic rings. The summed E-state index contributed by atoms with van der Waals surface area (Å²) in [4.78, 5) is 24.4. The van der Waals surface area contributed by atoms with E-state index in [9.17, 15) is 22.6 Å². The molecule has 0 aromatic heterocycles. The van der Waals surface area contributed by atoms with E-state index in [2.05, 4.69) is 42.8 Å². The Morgan fingerprint density at radius 1 is 0.500 bits per heavy atom. The van der Waals surface area contributed by atoms with Crippen molar-refractivity contribution in [1.29, 1.82) is 0 Å². The van der Waals surface area contributed by atoms with Gasteiger partial charge in [0.2, 0.25) is 22.2 Å². The lowest BCUT2D eigenvalue weighted by Gasteiger charge is -2.30. The number of rotatable bonds is 36. The van der Waals surface area contributed by atoms with E-state index in [1.54, 1.807) is 0 Å². The maximum absolute atomic E-state index is 12.2. The number of carbonyl (C=O) groups is 2. The van der Waals surface area contributed by atoms with Crippen LogP contribution in [0.1, 0.15) is 201 Å². The number of unbranched alkanes of at least 4 members (excludes halogenated alkanes) is 24. The molecule has 0 saturated carbocycles. The van der Waals surface area contributed by atoms with Crippen molar-refractivity contribution in [3.63, 3.8) is 0 Å². The Hall–Kier alpha value is -1.23. The third-order valence-electron chi connectivity index (χ3n) is 9.36. The maximum Gasteiger partial charge on any atom is 0.220 e. The molecule has 9 nitrogen and oxygen atoms in total. The van der Waals surface area contributed by atoms with E-state index < -0.39 is 10.4 Å². The number of carbonyl (C=O) groups excluding carboxylic acids is 2. The summed E-state index contributed by atoms with van der Waals surface area (Å²) in [7, 11) is -0.0685. The highest BCUT2D eigenvalue weighted by Gasteiger charge is 2.15. The molecular weight excluding hydrogens is 651 g/mol. The first-order valence-corrected chi connectivity index (χ1v) is 22.3. The summed E-state index contributed by atoms with van der Waals surface area (Å²) in [5, 5.41) is 6.21. The molecule has 0 unspecified atom stereocenters. The lowest BCUT2D eigenvalue weighted by Crippen LogP contribution is -2.49. The Morgan fingerprint density at radius 3 is 0.980 bits per heavy atom. The monoisotopic (exact) mass is 734 g/mol. The fourth-order valence-electron chi connectivity index (χ4n) is 6.04. The van der Waals surface area contributed by atoms with Gasteiger partial charge in [-0.25, -0.2) is 8.42 Å². The van der Waals surface area contributed by atoms with E-state index in [1.807, 2.05) is 0 Å². The van der Waals surface area contributed by atoms with Gasteiger partial charge in [-0.05, 0) is 19.8 Å². The van der Waals surface area contributed by atoms with Crippen molar-refractivity contribution in [1.82, 2.24) is 10.6 Å². The average molecular weight is 734 g/mol. The van der Waals surface area contributed by atoms with Crippen molar-refractivity contribution in [3.8, 4) is 0 Å². The van der Waals surface area contributed by atoms with E-state index >= 15 is 0 Å². The second-order valence-electron chi connectivity index (χ2n) is 14.9. The molecule has 0 bridgehead atoms. The van der Waals surface area contributed by atoms with Crippen LogP contribution in [0, 0.1) is 0 Å². The topological polar surface area (TPSA) is 125 Å². The number of hydrogen-bond donors (Lipinski definition) is 2. The molecular formula is C40H83N3O6S. The Labute approximate surface area is 310 Å². The minimum Gasteiger partial charge on any atom is -0.726 e. The summed E-state index contributed by atoms with van der Waals surface area (Å²) in [6, 6.07) is 0. The zero-order valence-corrected chi connectivity index (χ0v) is 34.5. The van der Waals surface area contributed by atoms with Crippen LogP contribution in [-0.4, -0.2) is 76.1 Å². The van der Waals surface area contributed by atoms with Gasteiger partial charge < -0.3 is 19.7 Å². The van der Waals surface area contributed by atoms with Crippen molar-refractivity contribution in [2.75, 3.05) is 46.9 Å². The quantitative estimate of drug-likeness (QED) is 0.0286. The minimum atomic E-state index is -4.42. The molecule has 0 aromatic carbocycles. The predicted octanol–water partition coefficient (Wildman–Crippen LogP) is 9.74. The van der Waals surface area contributed by atoms with E-state index in [0.717, 1.165) is 30.4 Å². The smallest absolute Gasteiger partial charge is 0.220 e. The first kappa shape index (κ1) is 50.9. The predicted molar refractivity (Wildman–Crippen MR) is 210 cm³/mol. The van der Waals surface area contributed by atoms with Crippen LogP contribution >= 0.6 is 0 Å². The van der Waals surface area contributed by atoms with Crippen LogP contribution in [0.25, 0.3) is 0 Å². The lowest BCUT2D eigenvalue weighted by atomic mass is 10.0. The molecule has 10 heteroatoms.